The Morgan fingerprint density at radius 2 is 2.20 bits per heavy atom. The smallest absolute Gasteiger partial charge is 0.160 e. The molecule has 82 valence electrons. The van der Waals surface area contributed by atoms with Crippen molar-refractivity contribution in [1.82, 2.24) is 0 Å². The van der Waals surface area contributed by atoms with Gasteiger partial charge < -0.3 is 14.9 Å². The van der Waals surface area contributed by atoms with Crippen LogP contribution in [-0.4, -0.2) is 23.1 Å². The van der Waals surface area contributed by atoms with E-state index in [1.807, 2.05) is 0 Å². The van der Waals surface area contributed by atoms with Crippen molar-refractivity contribution in [2.75, 3.05) is 7.11 Å². The molecule has 0 unspecified atom stereocenters. The van der Waals surface area contributed by atoms with Crippen molar-refractivity contribution in [2.45, 2.75) is 19.4 Å². The molecule has 1 aromatic carbocycles. The van der Waals surface area contributed by atoms with Gasteiger partial charge in [0.1, 0.15) is 5.78 Å². The van der Waals surface area contributed by atoms with Crippen LogP contribution in [-0.2, 0) is 4.79 Å². The zero-order valence-electron chi connectivity index (χ0n) is 8.73. The number of ether oxygens (including phenoxy) is 1. The summed E-state index contributed by atoms with van der Waals surface area (Å²) in [5, 5.41) is 19.0. The second-order valence-electron chi connectivity index (χ2n) is 3.35. The predicted octanol–water partition coefficient (Wildman–Crippen LogP) is 1.41. The van der Waals surface area contributed by atoms with Gasteiger partial charge in [-0.05, 0) is 24.6 Å². The maximum Gasteiger partial charge on any atom is 0.160 e. The molecule has 1 aromatic rings. The van der Waals surface area contributed by atoms with Crippen LogP contribution in [0.25, 0.3) is 0 Å². The highest BCUT2D eigenvalue weighted by Gasteiger charge is 2.12. The molecule has 0 amide bonds. The summed E-state index contributed by atoms with van der Waals surface area (Å²) in [6.45, 7) is 1.42. The fraction of sp³-hybridized carbons (Fsp3) is 0.364. The molecule has 1 rings (SSSR count). The highest BCUT2D eigenvalue weighted by molar-refractivity contribution is 5.76. The Kier molecular flexibility index (Phi) is 3.68. The average molecular weight is 210 g/mol. The first kappa shape index (κ1) is 11.5. The lowest BCUT2D eigenvalue weighted by Gasteiger charge is -2.11. The SMILES string of the molecule is COc1cc([C@@H](O)CC(C)=O)ccc1O. The Morgan fingerprint density at radius 1 is 1.53 bits per heavy atom. The number of Topliss-reactive ketones (excluding diaryl/α,β-unsaturated/α-hetero) is 1. The maximum atomic E-state index is 10.8. The third-order valence-corrected chi connectivity index (χ3v) is 2.07. The molecule has 0 radical (unpaired) electrons. The van der Waals surface area contributed by atoms with E-state index in [2.05, 4.69) is 0 Å². The van der Waals surface area contributed by atoms with Gasteiger partial charge in [0.15, 0.2) is 11.5 Å². The number of rotatable bonds is 4. The lowest BCUT2D eigenvalue weighted by molar-refractivity contribution is -0.118. The van der Waals surface area contributed by atoms with Crippen LogP contribution in [0, 0.1) is 0 Å². The van der Waals surface area contributed by atoms with Gasteiger partial charge in [-0.1, -0.05) is 6.07 Å². The van der Waals surface area contributed by atoms with E-state index >= 15 is 0 Å². The van der Waals surface area contributed by atoms with E-state index in [9.17, 15) is 15.0 Å². The number of carbonyl (C=O) groups is 1. The Morgan fingerprint density at radius 3 is 2.73 bits per heavy atom. The summed E-state index contributed by atoms with van der Waals surface area (Å²) < 4.78 is 4.89. The van der Waals surface area contributed by atoms with Crippen molar-refractivity contribution >= 4 is 5.78 Å². The minimum absolute atomic E-state index is 0.0104. The van der Waals surface area contributed by atoms with E-state index in [1.165, 1.54) is 26.2 Å². The normalized spacial score (nSPS) is 12.2. The number of aliphatic hydroxyl groups excluding tert-OH is 1. The molecule has 0 saturated carbocycles. The molecule has 0 spiro atoms. The van der Waals surface area contributed by atoms with Crippen molar-refractivity contribution in [3.8, 4) is 11.5 Å². The fourth-order valence-electron chi connectivity index (χ4n) is 1.29. The lowest BCUT2D eigenvalue weighted by atomic mass is 10.0. The first-order valence-electron chi connectivity index (χ1n) is 4.59. The third-order valence-electron chi connectivity index (χ3n) is 2.07. The molecule has 4 nitrogen and oxygen atoms in total. The minimum Gasteiger partial charge on any atom is -0.504 e. The summed E-state index contributed by atoms with van der Waals surface area (Å²) in [7, 11) is 1.43. The molecule has 0 aliphatic carbocycles. The van der Waals surface area contributed by atoms with Gasteiger partial charge in [0.25, 0.3) is 0 Å². The fourth-order valence-corrected chi connectivity index (χ4v) is 1.29. The van der Waals surface area contributed by atoms with Crippen LogP contribution in [0.5, 0.6) is 11.5 Å². The number of benzene rings is 1. The summed E-state index contributed by atoms with van der Waals surface area (Å²) in [5.74, 6) is 0.209. The van der Waals surface area contributed by atoms with Gasteiger partial charge in [0.05, 0.1) is 13.2 Å². The number of ketones is 1. The molecule has 15 heavy (non-hydrogen) atoms. The van der Waals surface area contributed by atoms with Crippen molar-refractivity contribution in [1.29, 1.82) is 0 Å². The Balaban J connectivity index is 2.90. The summed E-state index contributed by atoms with van der Waals surface area (Å²) in [6.07, 6.45) is -0.787. The average Bonchev–Trinajstić information content (AvgIpc) is 2.17. The topological polar surface area (TPSA) is 66.8 Å². The molecule has 0 aromatic heterocycles. The van der Waals surface area contributed by atoms with E-state index in [0.29, 0.717) is 5.56 Å². The second-order valence-corrected chi connectivity index (χ2v) is 3.35. The molecule has 0 fully saturated rings. The van der Waals surface area contributed by atoms with Crippen molar-refractivity contribution in [3.05, 3.63) is 23.8 Å². The number of aliphatic hydroxyl groups is 1. The van der Waals surface area contributed by atoms with E-state index in [1.54, 1.807) is 6.07 Å². The standard InChI is InChI=1S/C11H14O4/c1-7(12)5-10(14)8-3-4-9(13)11(6-8)15-2/h3-4,6,10,13-14H,5H2,1-2H3/t10-/m0/s1. The third kappa shape index (κ3) is 2.95. The number of aromatic hydroxyl groups is 1. The highest BCUT2D eigenvalue weighted by Crippen LogP contribution is 2.29. The number of methoxy groups -OCH3 is 1. The summed E-state index contributed by atoms with van der Waals surface area (Å²) in [5.41, 5.74) is 0.555. The van der Waals surface area contributed by atoms with Gasteiger partial charge in [-0.25, -0.2) is 0 Å². The second kappa shape index (κ2) is 4.79. The number of phenolic OH excluding ortho intramolecular Hbond substituents is 1. The van der Waals surface area contributed by atoms with Gasteiger partial charge in [0, 0.05) is 6.42 Å². The van der Waals surface area contributed by atoms with Gasteiger partial charge in [-0.15, -0.1) is 0 Å². The monoisotopic (exact) mass is 210 g/mol. The zero-order valence-corrected chi connectivity index (χ0v) is 8.73. The molecule has 4 heteroatoms. The molecule has 2 N–H and O–H groups in total. The van der Waals surface area contributed by atoms with Crippen molar-refractivity contribution < 1.29 is 19.7 Å². The number of phenols is 1. The Bertz CT molecular complexity index is 360. The molecule has 1 atom stereocenters. The van der Waals surface area contributed by atoms with Crippen LogP contribution >= 0.6 is 0 Å². The minimum atomic E-state index is -0.850. The summed E-state index contributed by atoms with van der Waals surface area (Å²) in [6, 6.07) is 4.51. The van der Waals surface area contributed by atoms with E-state index in [-0.39, 0.29) is 23.7 Å². The van der Waals surface area contributed by atoms with Crippen LogP contribution in [0.2, 0.25) is 0 Å². The quantitative estimate of drug-likeness (QED) is 0.788. The Hall–Kier alpha value is -1.55. The van der Waals surface area contributed by atoms with Crippen LogP contribution in [0.1, 0.15) is 25.0 Å². The maximum absolute atomic E-state index is 10.8. The van der Waals surface area contributed by atoms with Gasteiger partial charge in [0.2, 0.25) is 0 Å². The van der Waals surface area contributed by atoms with Crippen molar-refractivity contribution in [3.63, 3.8) is 0 Å². The van der Waals surface area contributed by atoms with E-state index in [4.69, 9.17) is 4.74 Å². The van der Waals surface area contributed by atoms with Gasteiger partial charge >= 0.3 is 0 Å². The highest BCUT2D eigenvalue weighted by atomic mass is 16.5. The van der Waals surface area contributed by atoms with Crippen LogP contribution in [0.15, 0.2) is 18.2 Å². The summed E-state index contributed by atoms with van der Waals surface area (Å²) in [4.78, 5) is 10.8. The van der Waals surface area contributed by atoms with Gasteiger partial charge in [-0.2, -0.15) is 0 Å². The molecule has 0 saturated heterocycles. The largest absolute Gasteiger partial charge is 0.504 e. The molecular formula is C11H14O4. The number of carbonyl (C=O) groups excluding carboxylic acids is 1. The summed E-state index contributed by atoms with van der Waals surface area (Å²) >= 11 is 0. The first-order valence-corrected chi connectivity index (χ1v) is 4.59. The molecule has 0 heterocycles. The van der Waals surface area contributed by atoms with E-state index in [0.717, 1.165) is 0 Å². The molecule has 0 aliphatic heterocycles. The predicted molar refractivity (Wildman–Crippen MR) is 54.9 cm³/mol. The Labute approximate surface area is 88.1 Å². The lowest BCUT2D eigenvalue weighted by Crippen LogP contribution is -2.03. The zero-order chi connectivity index (χ0) is 11.4. The van der Waals surface area contributed by atoms with E-state index < -0.39 is 6.10 Å². The molecule has 0 aliphatic rings. The van der Waals surface area contributed by atoms with Crippen LogP contribution in [0.4, 0.5) is 0 Å². The molecule has 0 bridgehead atoms. The molecular weight excluding hydrogens is 196 g/mol. The van der Waals surface area contributed by atoms with Gasteiger partial charge in [-0.3, -0.25) is 4.79 Å². The van der Waals surface area contributed by atoms with Crippen molar-refractivity contribution in [2.24, 2.45) is 0 Å². The number of hydrogen-bond donors (Lipinski definition) is 2. The first-order chi connectivity index (χ1) is 7.04. The van der Waals surface area contributed by atoms with Crippen LogP contribution in [0.3, 0.4) is 0 Å². The number of hydrogen-bond acceptors (Lipinski definition) is 4. The van der Waals surface area contributed by atoms with Crippen LogP contribution < -0.4 is 4.74 Å².